The number of nitrogens with zero attached hydrogens (tertiary/aromatic N) is 4. The minimum Gasteiger partial charge on any atom is -0.444 e. The minimum absolute atomic E-state index is 0.0118. The Labute approximate surface area is 165 Å². The van der Waals surface area contributed by atoms with E-state index in [0.717, 1.165) is 6.42 Å². The summed E-state index contributed by atoms with van der Waals surface area (Å²) in [6.07, 6.45) is -4.34. The van der Waals surface area contributed by atoms with Gasteiger partial charge in [0, 0.05) is 24.7 Å². The molecule has 0 saturated carbocycles. The highest BCUT2D eigenvalue weighted by Crippen LogP contribution is 2.30. The van der Waals surface area contributed by atoms with Gasteiger partial charge in [-0.1, -0.05) is 5.16 Å². The van der Waals surface area contributed by atoms with Crippen LogP contribution in [0.1, 0.15) is 38.8 Å². The van der Waals surface area contributed by atoms with Crippen molar-refractivity contribution in [3.05, 3.63) is 23.7 Å². The lowest BCUT2D eigenvalue weighted by Crippen LogP contribution is -2.36. The molecule has 2 aromatic heterocycles. The van der Waals surface area contributed by atoms with Gasteiger partial charge in [0.25, 0.3) is 0 Å². The lowest BCUT2D eigenvalue weighted by Gasteiger charge is -2.24. The quantitative estimate of drug-likeness (QED) is 0.816. The normalized spacial score (nSPS) is 17.5. The third-order valence-corrected chi connectivity index (χ3v) is 4.19. The van der Waals surface area contributed by atoms with Crippen LogP contribution < -0.4 is 5.32 Å². The number of aromatic nitrogens is 3. The average molecular weight is 413 g/mol. The van der Waals surface area contributed by atoms with Crippen LogP contribution in [-0.4, -0.2) is 50.9 Å². The highest BCUT2D eigenvalue weighted by Gasteiger charge is 2.38. The van der Waals surface area contributed by atoms with Crippen molar-refractivity contribution in [1.29, 1.82) is 0 Å². The molecule has 0 aliphatic carbocycles. The van der Waals surface area contributed by atoms with Crippen LogP contribution in [0.5, 0.6) is 0 Å². The summed E-state index contributed by atoms with van der Waals surface area (Å²) in [7, 11) is 0. The second-order valence-electron chi connectivity index (χ2n) is 7.81. The molecular formula is C18H22F3N5O3. The number of hydrogen-bond acceptors (Lipinski definition) is 7. The Balaban J connectivity index is 1.64. The van der Waals surface area contributed by atoms with Crippen molar-refractivity contribution < 1.29 is 27.2 Å². The molecule has 1 atom stereocenters. The van der Waals surface area contributed by atoms with Gasteiger partial charge >= 0.3 is 18.2 Å². The largest absolute Gasteiger partial charge is 0.471 e. The predicted octanol–water partition coefficient (Wildman–Crippen LogP) is 3.88. The summed E-state index contributed by atoms with van der Waals surface area (Å²) in [6.45, 7) is 8.11. The maximum Gasteiger partial charge on any atom is 0.471 e. The Bertz CT molecular complexity index is 892. The number of likely N-dealkylation sites (tertiary alicyclic amines) is 1. The number of pyridine rings is 1. The van der Waals surface area contributed by atoms with Gasteiger partial charge < -0.3 is 19.5 Å². The van der Waals surface area contributed by atoms with Crippen molar-refractivity contribution in [1.82, 2.24) is 20.0 Å². The number of halogens is 3. The third kappa shape index (κ3) is 5.15. The number of carbonyl (C=O) groups excluding carboxylic acids is 1. The monoisotopic (exact) mass is 413 g/mol. The molecule has 0 aromatic carbocycles. The third-order valence-electron chi connectivity index (χ3n) is 4.19. The lowest BCUT2D eigenvalue weighted by molar-refractivity contribution is -0.159. The van der Waals surface area contributed by atoms with Crippen molar-refractivity contribution in [3.63, 3.8) is 0 Å². The van der Waals surface area contributed by atoms with Crippen molar-refractivity contribution >= 4 is 11.9 Å². The molecule has 0 radical (unpaired) electrons. The number of aryl methyl sites for hydroxylation is 1. The molecule has 2 aromatic rings. The lowest BCUT2D eigenvalue weighted by atomic mass is 10.2. The molecule has 1 amide bonds. The number of carbonyl (C=O) groups is 1. The summed E-state index contributed by atoms with van der Waals surface area (Å²) in [5.41, 5.74) is 0.237. The molecule has 1 fully saturated rings. The van der Waals surface area contributed by atoms with Gasteiger partial charge in [0.15, 0.2) is 0 Å². The van der Waals surface area contributed by atoms with Gasteiger partial charge in [-0.15, -0.1) is 0 Å². The molecule has 0 bridgehead atoms. The standard InChI is InChI=1S/C18H22F3N5O3/c1-10-12(14-24-15(29-25-14)18(19,20)21)5-6-13(22-10)23-11-7-8-26(9-11)16(27)28-17(2,3)4/h5-6,11H,7-9H2,1-4H3,(H,22,23)/t11-/m0/s1. The van der Waals surface area contributed by atoms with E-state index in [9.17, 15) is 18.0 Å². The Morgan fingerprint density at radius 2 is 2.00 bits per heavy atom. The van der Waals surface area contributed by atoms with E-state index in [2.05, 4.69) is 25.0 Å². The number of nitrogens with one attached hydrogen (secondary N) is 1. The van der Waals surface area contributed by atoms with E-state index in [1.54, 1.807) is 24.0 Å². The van der Waals surface area contributed by atoms with Crippen LogP contribution in [0, 0.1) is 6.92 Å². The van der Waals surface area contributed by atoms with Crippen LogP contribution >= 0.6 is 0 Å². The van der Waals surface area contributed by atoms with E-state index in [-0.39, 0.29) is 18.0 Å². The predicted molar refractivity (Wildman–Crippen MR) is 97.1 cm³/mol. The first-order valence-electron chi connectivity index (χ1n) is 9.06. The first-order chi connectivity index (χ1) is 13.4. The van der Waals surface area contributed by atoms with E-state index in [4.69, 9.17) is 4.74 Å². The van der Waals surface area contributed by atoms with Gasteiger partial charge in [-0.2, -0.15) is 18.2 Å². The average Bonchev–Trinajstić information content (AvgIpc) is 3.22. The van der Waals surface area contributed by atoms with Crippen molar-refractivity contribution in [2.24, 2.45) is 0 Å². The van der Waals surface area contributed by atoms with Crippen molar-refractivity contribution in [3.8, 4) is 11.4 Å². The topological polar surface area (TPSA) is 93.4 Å². The summed E-state index contributed by atoms with van der Waals surface area (Å²) in [5, 5.41) is 6.61. The number of alkyl halides is 3. The highest BCUT2D eigenvalue weighted by molar-refractivity contribution is 5.68. The van der Waals surface area contributed by atoms with Gasteiger partial charge in [-0.05, 0) is 46.2 Å². The van der Waals surface area contributed by atoms with Crippen LogP contribution in [0.4, 0.5) is 23.8 Å². The fourth-order valence-corrected chi connectivity index (χ4v) is 2.91. The molecule has 8 nitrogen and oxygen atoms in total. The fourth-order valence-electron chi connectivity index (χ4n) is 2.91. The van der Waals surface area contributed by atoms with Gasteiger partial charge in [0.1, 0.15) is 11.4 Å². The Morgan fingerprint density at radius 1 is 1.28 bits per heavy atom. The molecule has 29 heavy (non-hydrogen) atoms. The number of hydrogen-bond donors (Lipinski definition) is 1. The van der Waals surface area contributed by atoms with Crippen LogP contribution in [-0.2, 0) is 10.9 Å². The Hall–Kier alpha value is -2.85. The molecule has 1 saturated heterocycles. The number of anilines is 1. The zero-order valence-corrected chi connectivity index (χ0v) is 16.5. The minimum atomic E-state index is -4.70. The molecule has 11 heteroatoms. The summed E-state index contributed by atoms with van der Waals surface area (Å²) < 4.78 is 47.5. The zero-order valence-electron chi connectivity index (χ0n) is 16.5. The fraction of sp³-hybridized carbons (Fsp3) is 0.556. The van der Waals surface area contributed by atoms with Crippen LogP contribution in [0.25, 0.3) is 11.4 Å². The van der Waals surface area contributed by atoms with Crippen LogP contribution in [0.15, 0.2) is 16.7 Å². The van der Waals surface area contributed by atoms with Gasteiger partial charge in [0.2, 0.25) is 5.82 Å². The number of rotatable bonds is 3. The Morgan fingerprint density at radius 3 is 2.59 bits per heavy atom. The first kappa shape index (κ1) is 20.9. The van der Waals surface area contributed by atoms with Gasteiger partial charge in [-0.3, -0.25) is 0 Å². The maximum absolute atomic E-state index is 12.6. The van der Waals surface area contributed by atoms with Crippen molar-refractivity contribution in [2.45, 2.75) is 51.9 Å². The van der Waals surface area contributed by atoms with E-state index in [1.165, 1.54) is 0 Å². The summed E-state index contributed by atoms with van der Waals surface area (Å²) in [4.78, 5) is 21.5. The number of amides is 1. The van der Waals surface area contributed by atoms with E-state index < -0.39 is 17.7 Å². The van der Waals surface area contributed by atoms with Crippen molar-refractivity contribution in [2.75, 3.05) is 18.4 Å². The van der Waals surface area contributed by atoms with Crippen LogP contribution in [0.2, 0.25) is 0 Å². The molecular weight excluding hydrogens is 391 g/mol. The Kier molecular flexibility index (Phi) is 5.42. The van der Waals surface area contributed by atoms with E-state index in [0.29, 0.717) is 30.2 Å². The van der Waals surface area contributed by atoms with Gasteiger partial charge in [0.05, 0.1) is 5.69 Å². The summed E-state index contributed by atoms with van der Waals surface area (Å²) in [5.74, 6) is -1.03. The van der Waals surface area contributed by atoms with Gasteiger partial charge in [-0.25, -0.2) is 9.78 Å². The first-order valence-corrected chi connectivity index (χ1v) is 9.06. The highest BCUT2D eigenvalue weighted by atomic mass is 19.4. The molecule has 3 rings (SSSR count). The second-order valence-corrected chi connectivity index (χ2v) is 7.81. The molecule has 0 unspecified atom stereocenters. The van der Waals surface area contributed by atoms with E-state index >= 15 is 0 Å². The second kappa shape index (κ2) is 7.53. The molecule has 0 spiro atoms. The summed E-state index contributed by atoms with van der Waals surface area (Å²) >= 11 is 0. The molecule has 3 heterocycles. The maximum atomic E-state index is 12.6. The molecule has 1 aliphatic heterocycles. The number of ether oxygens (including phenoxy) is 1. The molecule has 1 aliphatic rings. The SMILES string of the molecule is Cc1nc(N[C@H]2CCN(C(=O)OC(C)(C)C)C2)ccc1-c1noc(C(F)(F)F)n1. The summed E-state index contributed by atoms with van der Waals surface area (Å²) in [6, 6.07) is 3.19. The zero-order chi connectivity index (χ0) is 21.4. The van der Waals surface area contributed by atoms with Crippen LogP contribution in [0.3, 0.4) is 0 Å². The van der Waals surface area contributed by atoms with E-state index in [1.807, 2.05) is 20.8 Å². The smallest absolute Gasteiger partial charge is 0.444 e. The molecule has 1 N–H and O–H groups in total. The molecule has 158 valence electrons.